The zero-order valence-electron chi connectivity index (χ0n) is 19.0. The molecule has 0 bridgehead atoms. The third-order valence-corrected chi connectivity index (χ3v) is 6.58. The average Bonchev–Trinajstić information content (AvgIpc) is 2.84. The number of piperazine rings is 1. The molecular weight excluding hydrogens is 433 g/mol. The lowest BCUT2D eigenvalue weighted by Crippen LogP contribution is -2.47. The van der Waals surface area contributed by atoms with Gasteiger partial charge in [-0.2, -0.15) is 4.39 Å². The Labute approximate surface area is 197 Å². The van der Waals surface area contributed by atoms with Crippen molar-refractivity contribution >= 4 is 17.6 Å². The number of rotatable bonds is 3. The first-order chi connectivity index (χ1) is 16.4. The number of halogens is 1. The minimum Gasteiger partial charge on any atom is -0.383 e. The molecule has 8 heteroatoms. The van der Waals surface area contributed by atoms with Crippen LogP contribution in [-0.4, -0.2) is 66.4 Å². The maximum atomic E-state index is 14.8. The second-order valence-electron chi connectivity index (χ2n) is 8.81. The first kappa shape index (κ1) is 22.0. The van der Waals surface area contributed by atoms with Gasteiger partial charge < -0.3 is 20.9 Å². The van der Waals surface area contributed by atoms with Crippen LogP contribution in [0.2, 0.25) is 0 Å². The summed E-state index contributed by atoms with van der Waals surface area (Å²) in [7, 11) is 2.04. The van der Waals surface area contributed by atoms with E-state index in [9.17, 15) is 14.0 Å². The molecule has 3 aromatic rings. The predicted molar refractivity (Wildman–Crippen MR) is 129 cm³/mol. The minimum atomic E-state index is -0.670. The summed E-state index contributed by atoms with van der Waals surface area (Å²) < 4.78 is 14.8. The number of hydrogen-bond donors (Lipinski definition) is 2. The number of anilines is 1. The molecule has 7 nitrogen and oxygen atoms in total. The van der Waals surface area contributed by atoms with Gasteiger partial charge in [-0.05, 0) is 54.4 Å². The number of aromatic nitrogens is 1. The minimum absolute atomic E-state index is 0.0191. The van der Waals surface area contributed by atoms with Gasteiger partial charge in [0.1, 0.15) is 5.82 Å². The Balaban J connectivity index is 1.44. The Bertz CT molecular complexity index is 1270. The number of benzene rings is 2. The molecule has 2 aliphatic rings. The molecule has 0 spiro atoms. The number of amides is 2. The number of nitrogens with zero attached hydrogens (tertiary/aromatic N) is 3. The summed E-state index contributed by atoms with van der Waals surface area (Å²) in [5, 5.41) is 2.83. The molecule has 3 N–H and O–H groups in total. The van der Waals surface area contributed by atoms with Crippen molar-refractivity contribution in [2.75, 3.05) is 45.5 Å². The number of pyridine rings is 1. The number of carbonyl (C=O) groups excluding carboxylic acids is 2. The lowest BCUT2D eigenvalue weighted by molar-refractivity contribution is 0.0664. The molecule has 1 fully saturated rings. The van der Waals surface area contributed by atoms with Gasteiger partial charge in [-0.15, -0.1) is 0 Å². The van der Waals surface area contributed by atoms with Crippen molar-refractivity contribution in [3.8, 4) is 22.3 Å². The first-order valence-electron chi connectivity index (χ1n) is 11.4. The molecule has 0 saturated carbocycles. The van der Waals surface area contributed by atoms with Crippen molar-refractivity contribution in [3.05, 3.63) is 71.2 Å². The Kier molecular flexibility index (Phi) is 5.75. The molecule has 2 aliphatic heterocycles. The van der Waals surface area contributed by atoms with Gasteiger partial charge >= 0.3 is 0 Å². The van der Waals surface area contributed by atoms with Crippen molar-refractivity contribution < 1.29 is 14.0 Å². The van der Waals surface area contributed by atoms with Gasteiger partial charge in [0.2, 0.25) is 5.95 Å². The predicted octanol–water partition coefficient (Wildman–Crippen LogP) is 2.81. The number of fused-ring (bicyclic) bond motifs is 1. The highest BCUT2D eigenvalue weighted by molar-refractivity contribution is 5.98. The zero-order chi connectivity index (χ0) is 23.8. The van der Waals surface area contributed by atoms with Crippen molar-refractivity contribution in [2.45, 2.75) is 6.42 Å². The van der Waals surface area contributed by atoms with Crippen molar-refractivity contribution in [2.24, 2.45) is 0 Å². The van der Waals surface area contributed by atoms with Gasteiger partial charge in [-0.25, -0.2) is 4.98 Å². The molecule has 174 valence electrons. The molecule has 0 radical (unpaired) electrons. The number of nitrogen functional groups attached to an aromatic ring is 1. The highest BCUT2D eigenvalue weighted by Crippen LogP contribution is 2.33. The zero-order valence-corrected chi connectivity index (χ0v) is 19.0. The Hall–Kier alpha value is -3.78. The second-order valence-corrected chi connectivity index (χ2v) is 8.81. The molecule has 5 rings (SSSR count). The monoisotopic (exact) mass is 459 g/mol. The van der Waals surface area contributed by atoms with Crippen LogP contribution in [0.5, 0.6) is 0 Å². The fraction of sp³-hybridized carbons (Fsp3) is 0.269. The van der Waals surface area contributed by atoms with E-state index in [2.05, 4.69) is 15.2 Å². The molecule has 1 saturated heterocycles. The summed E-state index contributed by atoms with van der Waals surface area (Å²) in [4.78, 5) is 32.8. The number of carbonyl (C=O) groups is 2. The summed E-state index contributed by atoms with van der Waals surface area (Å²) in [6, 6.07) is 14.1. The maximum Gasteiger partial charge on any atom is 0.253 e. The van der Waals surface area contributed by atoms with Gasteiger partial charge in [-0.3, -0.25) is 9.59 Å². The molecule has 1 aromatic heterocycles. The maximum absolute atomic E-state index is 14.8. The van der Waals surface area contributed by atoms with E-state index in [-0.39, 0.29) is 17.6 Å². The molecular formula is C26H26FN5O2. The van der Waals surface area contributed by atoms with E-state index in [1.165, 1.54) is 0 Å². The molecule has 2 aromatic carbocycles. The van der Waals surface area contributed by atoms with E-state index in [0.29, 0.717) is 47.5 Å². The van der Waals surface area contributed by atoms with Crippen LogP contribution in [0.25, 0.3) is 22.3 Å². The van der Waals surface area contributed by atoms with E-state index < -0.39 is 5.95 Å². The van der Waals surface area contributed by atoms with Crippen LogP contribution in [0.1, 0.15) is 26.3 Å². The van der Waals surface area contributed by atoms with Gasteiger partial charge in [0.15, 0.2) is 0 Å². The Morgan fingerprint density at radius 2 is 1.68 bits per heavy atom. The fourth-order valence-electron chi connectivity index (χ4n) is 4.52. The largest absolute Gasteiger partial charge is 0.383 e. The molecule has 2 amide bonds. The number of nitrogens with two attached hydrogens (primary N) is 1. The standard InChI is InChI=1S/C26H26FN5O2/c1-31-10-12-32(13-11-31)26(34)17-4-2-16(3-5-17)21-15-22(24(28)30-23(21)27)18-6-7-20-19(14-18)8-9-29-25(20)33/h2-7,14-15H,8-13H2,1H3,(H2,28,30)(H,29,33). The van der Waals surface area contributed by atoms with Crippen LogP contribution in [0, 0.1) is 5.95 Å². The van der Waals surface area contributed by atoms with Crippen LogP contribution in [-0.2, 0) is 6.42 Å². The number of hydrogen-bond acceptors (Lipinski definition) is 5. The molecule has 0 unspecified atom stereocenters. The lowest BCUT2D eigenvalue weighted by atomic mass is 9.94. The van der Waals surface area contributed by atoms with E-state index in [1.807, 2.05) is 18.0 Å². The van der Waals surface area contributed by atoms with Gasteiger partial charge in [0.05, 0.1) is 0 Å². The van der Waals surface area contributed by atoms with Crippen LogP contribution < -0.4 is 11.1 Å². The van der Waals surface area contributed by atoms with E-state index in [1.54, 1.807) is 42.5 Å². The van der Waals surface area contributed by atoms with Crippen molar-refractivity contribution in [3.63, 3.8) is 0 Å². The summed E-state index contributed by atoms with van der Waals surface area (Å²) in [6.07, 6.45) is 0.721. The quantitative estimate of drug-likeness (QED) is 0.588. The molecule has 0 aliphatic carbocycles. The normalized spacial score (nSPS) is 16.2. The Morgan fingerprint density at radius 1 is 0.971 bits per heavy atom. The SMILES string of the molecule is CN1CCN(C(=O)c2ccc(-c3cc(-c4ccc5c(c4)CCNC5=O)c(N)nc3F)cc2)CC1. The van der Waals surface area contributed by atoms with Crippen molar-refractivity contribution in [1.29, 1.82) is 0 Å². The van der Waals surface area contributed by atoms with E-state index in [0.717, 1.165) is 30.6 Å². The smallest absolute Gasteiger partial charge is 0.253 e. The van der Waals surface area contributed by atoms with Gasteiger partial charge in [0, 0.05) is 55.0 Å². The second kappa shape index (κ2) is 8.87. The summed E-state index contributed by atoms with van der Waals surface area (Å²) in [5.41, 5.74) is 10.5. The van der Waals surface area contributed by atoms with Gasteiger partial charge in [-0.1, -0.05) is 24.3 Å². The van der Waals surface area contributed by atoms with Crippen molar-refractivity contribution in [1.82, 2.24) is 20.1 Å². The lowest BCUT2D eigenvalue weighted by Gasteiger charge is -2.32. The number of nitrogens with one attached hydrogen (secondary N) is 1. The third-order valence-electron chi connectivity index (χ3n) is 6.58. The van der Waals surface area contributed by atoms with Crippen LogP contribution in [0.15, 0.2) is 48.5 Å². The molecule has 3 heterocycles. The van der Waals surface area contributed by atoms with Crippen LogP contribution in [0.4, 0.5) is 10.2 Å². The Morgan fingerprint density at radius 3 is 2.41 bits per heavy atom. The average molecular weight is 460 g/mol. The summed E-state index contributed by atoms with van der Waals surface area (Å²) in [5.74, 6) is -0.695. The first-order valence-corrected chi connectivity index (χ1v) is 11.4. The third kappa shape index (κ3) is 4.12. The molecule has 0 atom stereocenters. The summed E-state index contributed by atoms with van der Waals surface area (Å²) in [6.45, 7) is 3.67. The van der Waals surface area contributed by atoms with E-state index in [4.69, 9.17) is 5.73 Å². The van der Waals surface area contributed by atoms with E-state index >= 15 is 0 Å². The topological polar surface area (TPSA) is 91.6 Å². The van der Waals surface area contributed by atoms with Crippen LogP contribution in [0.3, 0.4) is 0 Å². The van der Waals surface area contributed by atoms with Crippen LogP contribution >= 0.6 is 0 Å². The number of likely N-dealkylation sites (N-methyl/N-ethyl adjacent to an activating group) is 1. The molecule has 34 heavy (non-hydrogen) atoms. The van der Waals surface area contributed by atoms with Gasteiger partial charge in [0.25, 0.3) is 11.8 Å². The fourth-order valence-corrected chi connectivity index (χ4v) is 4.52. The highest BCUT2D eigenvalue weighted by Gasteiger charge is 2.21. The summed E-state index contributed by atoms with van der Waals surface area (Å²) >= 11 is 0. The highest BCUT2D eigenvalue weighted by atomic mass is 19.1.